The number of carboxylic acids is 1. The van der Waals surface area contributed by atoms with E-state index in [-0.39, 0.29) is 6.42 Å². The van der Waals surface area contributed by atoms with Gasteiger partial charge in [-0.2, -0.15) is 0 Å². The minimum atomic E-state index is -0.738. The fourth-order valence-corrected chi connectivity index (χ4v) is 3.38. The Morgan fingerprint density at radius 2 is 1.95 bits per heavy atom. The van der Waals surface area contributed by atoms with Gasteiger partial charge in [-0.3, -0.25) is 4.79 Å². The third kappa shape index (κ3) is 5.21. The second-order valence-electron chi connectivity index (χ2n) is 5.24. The molecule has 0 atom stereocenters. The van der Waals surface area contributed by atoms with Crippen molar-refractivity contribution in [3.8, 4) is 0 Å². The summed E-state index contributed by atoms with van der Waals surface area (Å²) in [5.74, 6) is -0.380. The molecule has 0 radical (unpaired) electrons. The summed E-state index contributed by atoms with van der Waals surface area (Å²) >= 11 is 1.69. The molecule has 1 heterocycles. The summed E-state index contributed by atoms with van der Waals surface area (Å²) < 4.78 is 0. The Kier molecular flexibility index (Phi) is 7.16. The summed E-state index contributed by atoms with van der Waals surface area (Å²) in [6.07, 6.45) is 1.75. The van der Waals surface area contributed by atoms with Crippen LogP contribution in [0.25, 0.3) is 0 Å². The SMILES string of the molecule is CCN(CC)CCc1nc(C(C)C)c(CCC(=O)O)s1. The molecule has 1 aromatic heterocycles. The Bertz CT molecular complexity index is 426. The largest absolute Gasteiger partial charge is 0.481 e. The third-order valence-corrected chi connectivity index (χ3v) is 4.61. The zero-order valence-electron chi connectivity index (χ0n) is 13.0. The maximum absolute atomic E-state index is 10.7. The maximum atomic E-state index is 10.7. The second-order valence-corrected chi connectivity index (χ2v) is 6.41. The summed E-state index contributed by atoms with van der Waals surface area (Å²) in [6, 6.07) is 0. The fourth-order valence-electron chi connectivity index (χ4n) is 2.17. The van der Waals surface area contributed by atoms with E-state index < -0.39 is 5.97 Å². The second kappa shape index (κ2) is 8.37. The van der Waals surface area contributed by atoms with E-state index in [0.29, 0.717) is 12.3 Å². The van der Waals surface area contributed by atoms with Crippen LogP contribution in [-0.4, -0.2) is 40.6 Å². The zero-order chi connectivity index (χ0) is 15.1. The molecule has 0 aliphatic carbocycles. The van der Waals surface area contributed by atoms with Crippen LogP contribution < -0.4 is 0 Å². The number of carbonyl (C=O) groups is 1. The van der Waals surface area contributed by atoms with E-state index in [2.05, 4.69) is 32.6 Å². The van der Waals surface area contributed by atoms with Crippen LogP contribution in [0.3, 0.4) is 0 Å². The lowest BCUT2D eigenvalue weighted by Crippen LogP contribution is -2.25. The molecule has 0 saturated heterocycles. The summed E-state index contributed by atoms with van der Waals surface area (Å²) in [4.78, 5) is 19.0. The van der Waals surface area contributed by atoms with Crippen LogP contribution in [0.15, 0.2) is 0 Å². The Morgan fingerprint density at radius 3 is 2.45 bits per heavy atom. The number of carboxylic acid groups (broad SMARTS) is 1. The average Bonchev–Trinajstić information content (AvgIpc) is 2.81. The van der Waals surface area contributed by atoms with Gasteiger partial charge < -0.3 is 10.0 Å². The number of aromatic nitrogens is 1. The van der Waals surface area contributed by atoms with Gasteiger partial charge in [0.2, 0.25) is 0 Å². The molecule has 4 nitrogen and oxygen atoms in total. The van der Waals surface area contributed by atoms with Crippen LogP contribution in [0.5, 0.6) is 0 Å². The highest BCUT2D eigenvalue weighted by molar-refractivity contribution is 7.11. The number of aryl methyl sites for hydroxylation is 1. The molecular weight excluding hydrogens is 272 g/mol. The van der Waals surface area contributed by atoms with Crippen molar-refractivity contribution in [3.05, 3.63) is 15.6 Å². The number of hydrogen-bond donors (Lipinski definition) is 1. The number of nitrogens with zero attached hydrogens (tertiary/aromatic N) is 2. The van der Waals surface area contributed by atoms with Gasteiger partial charge in [0.15, 0.2) is 0 Å². The Balaban J connectivity index is 2.72. The van der Waals surface area contributed by atoms with E-state index in [0.717, 1.165) is 41.6 Å². The first-order valence-corrected chi connectivity index (χ1v) is 8.22. The summed E-state index contributed by atoms with van der Waals surface area (Å²) in [7, 11) is 0. The molecule has 1 aromatic rings. The van der Waals surface area contributed by atoms with E-state index in [4.69, 9.17) is 10.1 Å². The minimum absolute atomic E-state index is 0.192. The van der Waals surface area contributed by atoms with Crippen molar-refractivity contribution in [1.82, 2.24) is 9.88 Å². The fraction of sp³-hybridized carbons (Fsp3) is 0.733. The summed E-state index contributed by atoms with van der Waals surface area (Å²) in [5.41, 5.74) is 1.09. The van der Waals surface area contributed by atoms with Gasteiger partial charge in [0.25, 0.3) is 0 Å². The monoisotopic (exact) mass is 298 g/mol. The van der Waals surface area contributed by atoms with Crippen LogP contribution in [0.4, 0.5) is 0 Å². The number of thiazole rings is 1. The first-order valence-electron chi connectivity index (χ1n) is 7.40. The molecule has 1 rings (SSSR count). The van der Waals surface area contributed by atoms with Crippen LogP contribution in [0.2, 0.25) is 0 Å². The Hall–Kier alpha value is -0.940. The van der Waals surface area contributed by atoms with Crippen LogP contribution in [-0.2, 0) is 17.6 Å². The lowest BCUT2D eigenvalue weighted by molar-refractivity contribution is -0.136. The van der Waals surface area contributed by atoms with Crippen molar-refractivity contribution in [2.75, 3.05) is 19.6 Å². The molecular formula is C15H26N2O2S. The number of aliphatic carboxylic acids is 1. The topological polar surface area (TPSA) is 53.4 Å². The van der Waals surface area contributed by atoms with Gasteiger partial charge in [0.1, 0.15) is 0 Å². The normalized spacial score (nSPS) is 11.5. The molecule has 20 heavy (non-hydrogen) atoms. The predicted molar refractivity (Wildman–Crippen MR) is 83.7 cm³/mol. The van der Waals surface area contributed by atoms with E-state index in [1.165, 1.54) is 0 Å². The van der Waals surface area contributed by atoms with Crippen LogP contribution in [0.1, 0.15) is 55.6 Å². The van der Waals surface area contributed by atoms with Gasteiger partial charge in [-0.05, 0) is 25.4 Å². The third-order valence-electron chi connectivity index (χ3n) is 3.42. The van der Waals surface area contributed by atoms with Crippen molar-refractivity contribution in [2.45, 2.75) is 52.9 Å². The smallest absolute Gasteiger partial charge is 0.303 e. The Labute approximate surface area is 125 Å². The van der Waals surface area contributed by atoms with E-state index in [1.807, 2.05) is 0 Å². The van der Waals surface area contributed by atoms with Gasteiger partial charge >= 0.3 is 5.97 Å². The van der Waals surface area contributed by atoms with Gasteiger partial charge in [0, 0.05) is 17.8 Å². The molecule has 114 valence electrons. The highest BCUT2D eigenvalue weighted by Gasteiger charge is 2.15. The number of rotatable bonds is 9. The van der Waals surface area contributed by atoms with Crippen molar-refractivity contribution in [3.63, 3.8) is 0 Å². The zero-order valence-corrected chi connectivity index (χ0v) is 13.8. The Morgan fingerprint density at radius 1 is 1.30 bits per heavy atom. The average molecular weight is 298 g/mol. The quantitative estimate of drug-likeness (QED) is 0.761. The first kappa shape index (κ1) is 17.1. The number of hydrogen-bond acceptors (Lipinski definition) is 4. The molecule has 1 N–H and O–H groups in total. The predicted octanol–water partition coefficient (Wildman–Crippen LogP) is 3.17. The van der Waals surface area contributed by atoms with Crippen molar-refractivity contribution < 1.29 is 9.90 Å². The lowest BCUT2D eigenvalue weighted by Gasteiger charge is -2.16. The molecule has 0 amide bonds. The van der Waals surface area contributed by atoms with Crippen molar-refractivity contribution >= 4 is 17.3 Å². The molecule has 0 bridgehead atoms. The van der Waals surface area contributed by atoms with Crippen LogP contribution >= 0.6 is 11.3 Å². The summed E-state index contributed by atoms with van der Waals surface area (Å²) in [6.45, 7) is 11.7. The van der Waals surface area contributed by atoms with E-state index in [9.17, 15) is 4.79 Å². The van der Waals surface area contributed by atoms with E-state index >= 15 is 0 Å². The van der Waals surface area contributed by atoms with Crippen molar-refractivity contribution in [1.29, 1.82) is 0 Å². The van der Waals surface area contributed by atoms with Gasteiger partial charge in [-0.1, -0.05) is 27.7 Å². The lowest BCUT2D eigenvalue weighted by atomic mass is 10.1. The van der Waals surface area contributed by atoms with E-state index in [1.54, 1.807) is 11.3 Å². The van der Waals surface area contributed by atoms with Gasteiger partial charge in [0.05, 0.1) is 17.1 Å². The highest BCUT2D eigenvalue weighted by Crippen LogP contribution is 2.26. The van der Waals surface area contributed by atoms with Gasteiger partial charge in [-0.25, -0.2) is 4.98 Å². The molecule has 0 aliphatic heterocycles. The molecule has 0 aliphatic rings. The van der Waals surface area contributed by atoms with Crippen molar-refractivity contribution in [2.24, 2.45) is 0 Å². The number of likely N-dealkylation sites (N-methyl/N-ethyl adjacent to an activating group) is 1. The minimum Gasteiger partial charge on any atom is -0.481 e. The maximum Gasteiger partial charge on any atom is 0.303 e. The molecule has 0 unspecified atom stereocenters. The standard InChI is InChI=1S/C15H26N2O2S/c1-5-17(6-2)10-9-13-16-15(11(3)4)12(20-13)7-8-14(18)19/h11H,5-10H2,1-4H3,(H,18,19). The summed E-state index contributed by atoms with van der Waals surface area (Å²) in [5, 5.41) is 9.97. The highest BCUT2D eigenvalue weighted by atomic mass is 32.1. The molecule has 5 heteroatoms. The molecule has 0 aromatic carbocycles. The molecule has 0 spiro atoms. The molecule has 0 fully saturated rings. The molecule has 0 saturated carbocycles. The van der Waals surface area contributed by atoms with Gasteiger partial charge in [-0.15, -0.1) is 11.3 Å². The van der Waals surface area contributed by atoms with Crippen LogP contribution in [0, 0.1) is 0 Å². The first-order chi connectivity index (χ1) is 9.47.